The second-order valence-corrected chi connectivity index (χ2v) is 6.26. The predicted octanol–water partition coefficient (Wildman–Crippen LogP) is 1.42. The molecule has 1 aliphatic heterocycles. The molecule has 134 valence electrons. The number of fused-ring (bicyclic) bond motifs is 1. The quantitative estimate of drug-likeness (QED) is 0.886. The van der Waals surface area contributed by atoms with E-state index < -0.39 is 17.7 Å². The molecule has 1 aliphatic rings. The Bertz CT molecular complexity index is 776. The fraction of sp³-hybridized carbons (Fsp3) is 0.471. The first-order chi connectivity index (χ1) is 12.0. The van der Waals surface area contributed by atoms with Crippen molar-refractivity contribution in [2.45, 2.75) is 45.3 Å². The fourth-order valence-corrected chi connectivity index (χ4v) is 3.10. The number of aromatic nitrogens is 3. The van der Waals surface area contributed by atoms with Crippen molar-refractivity contribution in [2.75, 3.05) is 6.54 Å². The maximum atomic E-state index is 13.7. The standard InChI is InChI=1S/C17H21F2N5O/c1-2-15-21-22-16-10-23(5-6-24(15)16)17(25)9-13(20)8-11-7-12(18)3-4-14(11)19/h3-4,7,13H,2,5-6,8-10,20H2,1H3. The van der Waals surface area contributed by atoms with Gasteiger partial charge in [0.05, 0.1) is 6.54 Å². The highest BCUT2D eigenvalue weighted by Gasteiger charge is 2.25. The number of aryl methyl sites for hydroxylation is 1. The Morgan fingerprint density at radius 3 is 2.88 bits per heavy atom. The molecule has 25 heavy (non-hydrogen) atoms. The molecule has 6 nitrogen and oxygen atoms in total. The van der Waals surface area contributed by atoms with Gasteiger partial charge in [-0.3, -0.25) is 4.79 Å². The maximum absolute atomic E-state index is 13.7. The van der Waals surface area contributed by atoms with Crippen molar-refractivity contribution in [3.8, 4) is 0 Å². The normalized spacial score (nSPS) is 15.1. The Kier molecular flexibility index (Phi) is 5.08. The van der Waals surface area contributed by atoms with Crippen LogP contribution in [0.3, 0.4) is 0 Å². The van der Waals surface area contributed by atoms with Gasteiger partial charge in [0.25, 0.3) is 0 Å². The van der Waals surface area contributed by atoms with Crippen LogP contribution in [0.1, 0.15) is 30.6 Å². The highest BCUT2D eigenvalue weighted by atomic mass is 19.1. The third kappa shape index (κ3) is 3.84. The van der Waals surface area contributed by atoms with Crippen molar-refractivity contribution in [3.63, 3.8) is 0 Å². The lowest BCUT2D eigenvalue weighted by atomic mass is 10.0. The largest absolute Gasteiger partial charge is 0.333 e. The minimum absolute atomic E-state index is 0.0741. The van der Waals surface area contributed by atoms with Gasteiger partial charge in [-0.25, -0.2) is 8.78 Å². The second kappa shape index (κ2) is 7.26. The van der Waals surface area contributed by atoms with Crippen molar-refractivity contribution in [3.05, 3.63) is 47.0 Å². The van der Waals surface area contributed by atoms with Crippen LogP contribution in [0.4, 0.5) is 8.78 Å². The first-order valence-corrected chi connectivity index (χ1v) is 8.36. The topological polar surface area (TPSA) is 77.0 Å². The van der Waals surface area contributed by atoms with Crippen molar-refractivity contribution >= 4 is 5.91 Å². The molecule has 3 rings (SSSR count). The number of amides is 1. The summed E-state index contributed by atoms with van der Waals surface area (Å²) in [6.45, 7) is 3.63. The molecule has 2 heterocycles. The molecule has 0 radical (unpaired) electrons. The third-order valence-corrected chi connectivity index (χ3v) is 4.43. The first kappa shape index (κ1) is 17.5. The summed E-state index contributed by atoms with van der Waals surface area (Å²) in [6.07, 6.45) is 0.981. The summed E-state index contributed by atoms with van der Waals surface area (Å²) in [7, 11) is 0. The van der Waals surface area contributed by atoms with Crippen molar-refractivity contribution in [1.29, 1.82) is 0 Å². The van der Waals surface area contributed by atoms with Crippen LogP contribution in [0, 0.1) is 11.6 Å². The zero-order chi connectivity index (χ0) is 18.0. The van der Waals surface area contributed by atoms with E-state index in [-0.39, 0.29) is 24.3 Å². The molecule has 2 aromatic rings. The molecule has 0 saturated heterocycles. The average Bonchev–Trinajstić information content (AvgIpc) is 3.00. The lowest BCUT2D eigenvalue weighted by Gasteiger charge is -2.28. The first-order valence-electron chi connectivity index (χ1n) is 8.36. The van der Waals surface area contributed by atoms with Gasteiger partial charge in [-0.2, -0.15) is 0 Å². The van der Waals surface area contributed by atoms with Crippen LogP contribution in [-0.2, 0) is 30.7 Å². The summed E-state index contributed by atoms with van der Waals surface area (Å²) >= 11 is 0. The number of benzene rings is 1. The number of halogens is 2. The molecule has 0 aliphatic carbocycles. The second-order valence-electron chi connectivity index (χ2n) is 6.26. The number of carbonyl (C=O) groups excluding carboxylic acids is 1. The molecule has 1 aromatic carbocycles. The number of nitrogens with two attached hydrogens (primary N) is 1. The van der Waals surface area contributed by atoms with E-state index in [9.17, 15) is 13.6 Å². The summed E-state index contributed by atoms with van der Waals surface area (Å²) in [6, 6.07) is 2.68. The monoisotopic (exact) mass is 349 g/mol. The molecule has 1 amide bonds. The average molecular weight is 349 g/mol. The van der Waals surface area contributed by atoms with E-state index in [2.05, 4.69) is 10.2 Å². The molecule has 0 saturated carbocycles. The summed E-state index contributed by atoms with van der Waals surface area (Å²) in [5.74, 6) is 0.540. The smallest absolute Gasteiger partial charge is 0.224 e. The number of hydrogen-bond acceptors (Lipinski definition) is 4. The van der Waals surface area contributed by atoms with E-state index in [1.807, 2.05) is 11.5 Å². The minimum Gasteiger partial charge on any atom is -0.333 e. The van der Waals surface area contributed by atoms with Gasteiger partial charge in [0.1, 0.15) is 17.5 Å². The van der Waals surface area contributed by atoms with Crippen LogP contribution in [-0.4, -0.2) is 38.2 Å². The van der Waals surface area contributed by atoms with Gasteiger partial charge in [-0.15, -0.1) is 10.2 Å². The van der Waals surface area contributed by atoms with E-state index in [1.54, 1.807) is 4.90 Å². The highest BCUT2D eigenvalue weighted by molar-refractivity contribution is 5.76. The van der Waals surface area contributed by atoms with Crippen LogP contribution in [0.5, 0.6) is 0 Å². The third-order valence-electron chi connectivity index (χ3n) is 4.43. The van der Waals surface area contributed by atoms with Crippen LogP contribution < -0.4 is 5.73 Å². The van der Waals surface area contributed by atoms with Crippen LogP contribution in [0.25, 0.3) is 0 Å². The Labute approximate surface area is 144 Å². The summed E-state index contributed by atoms with van der Waals surface area (Å²) in [4.78, 5) is 14.1. The number of nitrogens with zero attached hydrogens (tertiary/aromatic N) is 4. The Balaban J connectivity index is 1.59. The SMILES string of the molecule is CCc1nnc2n1CCN(C(=O)CC(N)Cc1cc(F)ccc1F)C2. The molecule has 0 spiro atoms. The zero-order valence-electron chi connectivity index (χ0n) is 14.1. The minimum atomic E-state index is -0.574. The lowest BCUT2D eigenvalue weighted by Crippen LogP contribution is -2.41. The summed E-state index contributed by atoms with van der Waals surface area (Å²) in [5, 5.41) is 8.24. The zero-order valence-corrected chi connectivity index (χ0v) is 14.1. The molecular formula is C17H21F2N5O. The molecular weight excluding hydrogens is 328 g/mol. The van der Waals surface area contributed by atoms with Crippen LogP contribution >= 0.6 is 0 Å². The maximum Gasteiger partial charge on any atom is 0.224 e. The molecule has 8 heteroatoms. The van der Waals surface area contributed by atoms with E-state index in [4.69, 9.17) is 5.73 Å². The van der Waals surface area contributed by atoms with Gasteiger partial charge in [0.2, 0.25) is 5.91 Å². The Hall–Kier alpha value is -2.35. The van der Waals surface area contributed by atoms with Gasteiger partial charge in [0.15, 0.2) is 5.82 Å². The van der Waals surface area contributed by atoms with Crippen molar-refractivity contribution < 1.29 is 13.6 Å². The van der Waals surface area contributed by atoms with Crippen LogP contribution in [0.15, 0.2) is 18.2 Å². The molecule has 1 aromatic heterocycles. The van der Waals surface area contributed by atoms with E-state index in [0.29, 0.717) is 19.6 Å². The predicted molar refractivity (Wildman–Crippen MR) is 87.5 cm³/mol. The molecule has 1 atom stereocenters. The number of hydrogen-bond donors (Lipinski definition) is 1. The molecule has 1 unspecified atom stereocenters. The van der Waals surface area contributed by atoms with E-state index in [0.717, 1.165) is 36.3 Å². The van der Waals surface area contributed by atoms with Gasteiger partial charge in [-0.05, 0) is 30.2 Å². The fourth-order valence-electron chi connectivity index (χ4n) is 3.10. The summed E-state index contributed by atoms with van der Waals surface area (Å²) in [5.41, 5.74) is 6.17. The Morgan fingerprint density at radius 2 is 2.12 bits per heavy atom. The molecule has 0 fully saturated rings. The van der Waals surface area contributed by atoms with E-state index >= 15 is 0 Å². The highest BCUT2D eigenvalue weighted by Crippen LogP contribution is 2.16. The van der Waals surface area contributed by atoms with Gasteiger partial charge < -0.3 is 15.2 Å². The van der Waals surface area contributed by atoms with Crippen molar-refractivity contribution in [2.24, 2.45) is 5.73 Å². The number of carbonyl (C=O) groups is 1. The van der Waals surface area contributed by atoms with Gasteiger partial charge in [0, 0.05) is 32.0 Å². The van der Waals surface area contributed by atoms with E-state index in [1.165, 1.54) is 0 Å². The van der Waals surface area contributed by atoms with Crippen LogP contribution in [0.2, 0.25) is 0 Å². The summed E-state index contributed by atoms with van der Waals surface area (Å²) < 4.78 is 28.9. The van der Waals surface area contributed by atoms with Crippen molar-refractivity contribution in [1.82, 2.24) is 19.7 Å². The lowest BCUT2D eigenvalue weighted by molar-refractivity contribution is -0.133. The Morgan fingerprint density at radius 1 is 1.32 bits per heavy atom. The van der Waals surface area contributed by atoms with Gasteiger partial charge >= 0.3 is 0 Å². The molecule has 2 N–H and O–H groups in total. The van der Waals surface area contributed by atoms with Gasteiger partial charge in [-0.1, -0.05) is 6.92 Å². The molecule has 0 bridgehead atoms. The number of rotatable bonds is 5.